The highest BCUT2D eigenvalue weighted by Crippen LogP contribution is 2.12. The van der Waals surface area contributed by atoms with E-state index in [0.717, 1.165) is 31.9 Å². The van der Waals surface area contributed by atoms with Gasteiger partial charge in [-0.3, -0.25) is 13.9 Å². The molecule has 1 aliphatic rings. The molecule has 24 heavy (non-hydrogen) atoms. The minimum atomic E-state index is -0.320. The summed E-state index contributed by atoms with van der Waals surface area (Å²) in [4.78, 5) is 31.1. The van der Waals surface area contributed by atoms with Crippen LogP contribution < -0.4 is 16.1 Å². The third-order valence-electron chi connectivity index (χ3n) is 5.34. The number of nitrogens with zero attached hydrogens (tertiary/aromatic N) is 4. The summed E-state index contributed by atoms with van der Waals surface area (Å²) in [6.07, 6.45) is 4.71. The summed E-state index contributed by atoms with van der Waals surface area (Å²) >= 11 is 0. The Morgan fingerprint density at radius 1 is 1.21 bits per heavy atom. The normalized spacial score (nSPS) is 21.5. The lowest BCUT2D eigenvalue weighted by Crippen LogP contribution is -3.15. The molecule has 0 radical (unpaired) electrons. The van der Waals surface area contributed by atoms with E-state index in [1.54, 1.807) is 7.05 Å². The first kappa shape index (κ1) is 17.0. The molecule has 7 nitrogen and oxygen atoms in total. The van der Waals surface area contributed by atoms with E-state index in [1.165, 1.54) is 40.3 Å². The Kier molecular flexibility index (Phi) is 4.62. The second-order valence-corrected chi connectivity index (χ2v) is 7.04. The van der Waals surface area contributed by atoms with Gasteiger partial charge in [0.2, 0.25) is 0 Å². The predicted molar refractivity (Wildman–Crippen MR) is 93.4 cm³/mol. The Balaban J connectivity index is 2.15. The summed E-state index contributed by atoms with van der Waals surface area (Å²) in [6, 6.07) is 0.611. The van der Waals surface area contributed by atoms with Crippen molar-refractivity contribution in [1.82, 2.24) is 18.7 Å². The van der Waals surface area contributed by atoms with Crippen LogP contribution in [0.1, 0.15) is 45.4 Å². The maximum Gasteiger partial charge on any atom is 0.332 e. The van der Waals surface area contributed by atoms with Crippen molar-refractivity contribution < 1.29 is 4.90 Å². The Hall–Kier alpha value is -1.89. The number of aryl methyl sites for hydroxylation is 2. The second-order valence-electron chi connectivity index (χ2n) is 7.04. The SMILES string of the molecule is CCCn1c(C[NH+]2CCCC[C@H]2C)nc2c1c(=O)n(C)c(=O)n2C. The molecule has 0 spiro atoms. The van der Waals surface area contributed by atoms with Crippen LogP contribution in [-0.4, -0.2) is 31.3 Å². The van der Waals surface area contributed by atoms with Crippen LogP contribution >= 0.6 is 0 Å². The van der Waals surface area contributed by atoms with Crippen molar-refractivity contribution in [3.05, 3.63) is 26.7 Å². The quantitative estimate of drug-likeness (QED) is 0.842. The number of fused-ring (bicyclic) bond motifs is 1. The zero-order valence-corrected chi connectivity index (χ0v) is 15.1. The highest BCUT2D eigenvalue weighted by Gasteiger charge is 2.26. The zero-order chi connectivity index (χ0) is 17.4. The van der Waals surface area contributed by atoms with Gasteiger partial charge in [-0.25, -0.2) is 9.78 Å². The number of likely N-dealkylation sites (tertiary alicyclic amines) is 1. The molecule has 0 bridgehead atoms. The maximum absolute atomic E-state index is 12.6. The summed E-state index contributed by atoms with van der Waals surface area (Å²) in [6.45, 7) is 7.09. The second kappa shape index (κ2) is 6.55. The minimum absolute atomic E-state index is 0.248. The summed E-state index contributed by atoms with van der Waals surface area (Å²) in [5.41, 5.74) is 0.497. The molecule has 1 aliphatic heterocycles. The summed E-state index contributed by atoms with van der Waals surface area (Å²) < 4.78 is 4.70. The minimum Gasteiger partial charge on any atom is -0.326 e. The van der Waals surface area contributed by atoms with Crippen LogP contribution in [0, 0.1) is 0 Å². The van der Waals surface area contributed by atoms with E-state index in [1.807, 2.05) is 4.57 Å². The van der Waals surface area contributed by atoms with E-state index in [2.05, 4.69) is 13.8 Å². The number of quaternary nitrogens is 1. The maximum atomic E-state index is 12.6. The van der Waals surface area contributed by atoms with Crippen molar-refractivity contribution in [2.75, 3.05) is 6.54 Å². The van der Waals surface area contributed by atoms with Crippen LogP contribution in [-0.2, 0) is 27.2 Å². The molecule has 1 fully saturated rings. The van der Waals surface area contributed by atoms with Gasteiger partial charge in [-0.1, -0.05) is 6.92 Å². The smallest absolute Gasteiger partial charge is 0.326 e. The Morgan fingerprint density at radius 2 is 1.96 bits per heavy atom. The fraction of sp³-hybridized carbons (Fsp3) is 0.706. The molecular weight excluding hydrogens is 306 g/mol. The van der Waals surface area contributed by atoms with Gasteiger partial charge in [-0.2, -0.15) is 0 Å². The van der Waals surface area contributed by atoms with Gasteiger partial charge in [0.1, 0.15) is 6.54 Å². The monoisotopic (exact) mass is 334 g/mol. The van der Waals surface area contributed by atoms with Crippen molar-refractivity contribution in [2.24, 2.45) is 14.1 Å². The van der Waals surface area contributed by atoms with Gasteiger partial charge in [-0.05, 0) is 32.6 Å². The molecule has 1 N–H and O–H groups in total. The number of hydrogen-bond donors (Lipinski definition) is 1. The average molecular weight is 334 g/mol. The van der Waals surface area contributed by atoms with Crippen LogP contribution in [0.15, 0.2) is 9.59 Å². The molecule has 0 saturated carbocycles. The predicted octanol–water partition coefficient (Wildman–Crippen LogP) is -0.199. The van der Waals surface area contributed by atoms with E-state index in [4.69, 9.17) is 4.98 Å². The van der Waals surface area contributed by atoms with Crippen molar-refractivity contribution in [2.45, 2.75) is 58.7 Å². The van der Waals surface area contributed by atoms with Crippen molar-refractivity contribution in [3.8, 4) is 0 Å². The third-order valence-corrected chi connectivity index (χ3v) is 5.34. The number of nitrogens with one attached hydrogen (secondary N) is 1. The molecule has 0 amide bonds. The molecule has 1 saturated heterocycles. The molecule has 1 unspecified atom stereocenters. The highest BCUT2D eigenvalue weighted by atomic mass is 16.2. The lowest BCUT2D eigenvalue weighted by molar-refractivity contribution is -0.942. The van der Waals surface area contributed by atoms with E-state index in [-0.39, 0.29) is 11.2 Å². The Morgan fingerprint density at radius 3 is 2.62 bits per heavy atom. The summed E-state index contributed by atoms with van der Waals surface area (Å²) in [5.74, 6) is 0.925. The van der Waals surface area contributed by atoms with Crippen LogP contribution in [0.25, 0.3) is 11.2 Å². The molecule has 3 heterocycles. The third kappa shape index (κ3) is 2.70. The molecular formula is C17H28N5O2+. The van der Waals surface area contributed by atoms with E-state index >= 15 is 0 Å². The van der Waals surface area contributed by atoms with Gasteiger partial charge >= 0.3 is 5.69 Å². The van der Waals surface area contributed by atoms with Crippen molar-refractivity contribution in [1.29, 1.82) is 0 Å². The Labute approximate surface area is 141 Å². The molecule has 0 aromatic carbocycles. The lowest BCUT2D eigenvalue weighted by atomic mass is 10.0. The highest BCUT2D eigenvalue weighted by molar-refractivity contribution is 5.71. The average Bonchev–Trinajstić information content (AvgIpc) is 2.92. The molecule has 2 atom stereocenters. The summed E-state index contributed by atoms with van der Waals surface area (Å²) in [5, 5.41) is 0. The first-order chi connectivity index (χ1) is 11.5. The standard InChI is InChI=1S/C17H27N5O2/c1-5-9-22-13(11-21-10-7-6-8-12(21)2)18-15-14(22)16(23)20(4)17(24)19(15)3/h12H,5-11H2,1-4H3/p+1/t12-/m1/s1. The molecule has 132 valence electrons. The Bertz CT molecular complexity index is 860. The van der Waals surface area contributed by atoms with Gasteiger partial charge in [0.25, 0.3) is 5.56 Å². The molecule has 2 aromatic rings. The number of rotatable bonds is 4. The number of imidazole rings is 1. The van der Waals surface area contributed by atoms with Gasteiger partial charge in [0.05, 0.1) is 12.6 Å². The number of piperidine rings is 1. The molecule has 0 aliphatic carbocycles. The largest absolute Gasteiger partial charge is 0.332 e. The first-order valence-corrected chi connectivity index (χ1v) is 8.95. The van der Waals surface area contributed by atoms with E-state index in [9.17, 15) is 9.59 Å². The first-order valence-electron chi connectivity index (χ1n) is 8.95. The van der Waals surface area contributed by atoms with E-state index in [0.29, 0.717) is 17.2 Å². The van der Waals surface area contributed by atoms with Crippen LogP contribution in [0.5, 0.6) is 0 Å². The van der Waals surface area contributed by atoms with E-state index < -0.39 is 0 Å². The zero-order valence-electron chi connectivity index (χ0n) is 15.1. The van der Waals surface area contributed by atoms with Crippen molar-refractivity contribution in [3.63, 3.8) is 0 Å². The summed E-state index contributed by atoms with van der Waals surface area (Å²) in [7, 11) is 3.22. The topological polar surface area (TPSA) is 66.3 Å². The van der Waals surface area contributed by atoms with Gasteiger partial charge in [0.15, 0.2) is 17.0 Å². The molecule has 2 aromatic heterocycles. The van der Waals surface area contributed by atoms with Crippen LogP contribution in [0.3, 0.4) is 0 Å². The van der Waals surface area contributed by atoms with Crippen LogP contribution in [0.2, 0.25) is 0 Å². The van der Waals surface area contributed by atoms with Crippen molar-refractivity contribution >= 4 is 11.2 Å². The van der Waals surface area contributed by atoms with Gasteiger partial charge < -0.3 is 9.47 Å². The fourth-order valence-electron chi connectivity index (χ4n) is 3.81. The number of hydrogen-bond acceptors (Lipinski definition) is 3. The van der Waals surface area contributed by atoms with Crippen LogP contribution in [0.4, 0.5) is 0 Å². The molecule has 7 heteroatoms. The fourth-order valence-corrected chi connectivity index (χ4v) is 3.81. The lowest BCUT2D eigenvalue weighted by Gasteiger charge is -2.29. The number of aromatic nitrogens is 4. The van der Waals surface area contributed by atoms with Gasteiger partial charge in [0, 0.05) is 20.6 Å². The van der Waals surface area contributed by atoms with Gasteiger partial charge in [-0.15, -0.1) is 0 Å². The molecule has 3 rings (SSSR count).